The molecule has 2 aromatic rings. The summed E-state index contributed by atoms with van der Waals surface area (Å²) in [4.78, 5) is 37.2. The molecule has 0 saturated carbocycles. The highest BCUT2D eigenvalue weighted by Crippen LogP contribution is 2.19. The SMILES string of the molecule is CCNC(=O)[C@H](C)N(Cc1cccc(C)c1)C(=O)CSCc1ccc([N+](=O)[O-])cc1. The normalized spacial score (nSPS) is 11.6. The monoisotopic (exact) mass is 429 g/mol. The van der Waals surface area contributed by atoms with Gasteiger partial charge in [-0.15, -0.1) is 11.8 Å². The fourth-order valence-corrected chi connectivity index (χ4v) is 3.84. The quantitative estimate of drug-likeness (QED) is 0.459. The lowest BCUT2D eigenvalue weighted by Gasteiger charge is -2.28. The van der Waals surface area contributed by atoms with Gasteiger partial charge in [0.1, 0.15) is 6.04 Å². The second-order valence-electron chi connectivity index (χ2n) is 7.00. The van der Waals surface area contributed by atoms with Crippen molar-refractivity contribution >= 4 is 29.3 Å². The third kappa shape index (κ3) is 6.88. The van der Waals surface area contributed by atoms with E-state index in [9.17, 15) is 19.7 Å². The molecule has 0 spiro atoms. The Labute approximate surface area is 181 Å². The minimum atomic E-state index is -0.585. The Morgan fingerprint density at radius 2 is 1.87 bits per heavy atom. The van der Waals surface area contributed by atoms with Gasteiger partial charge in [-0.25, -0.2) is 0 Å². The van der Waals surface area contributed by atoms with Gasteiger partial charge < -0.3 is 10.2 Å². The molecule has 0 aromatic heterocycles. The number of benzene rings is 2. The van der Waals surface area contributed by atoms with Crippen molar-refractivity contribution in [1.82, 2.24) is 10.2 Å². The van der Waals surface area contributed by atoms with Crippen molar-refractivity contribution in [3.05, 3.63) is 75.3 Å². The van der Waals surface area contributed by atoms with E-state index in [-0.39, 0.29) is 23.3 Å². The molecule has 7 nitrogen and oxygen atoms in total. The number of nitro groups is 1. The van der Waals surface area contributed by atoms with Crippen molar-refractivity contribution < 1.29 is 14.5 Å². The molecule has 0 radical (unpaired) electrons. The first-order valence-corrected chi connectivity index (χ1v) is 10.9. The number of carbonyl (C=O) groups is 2. The van der Waals surface area contributed by atoms with Gasteiger partial charge in [0.05, 0.1) is 10.7 Å². The second-order valence-corrected chi connectivity index (χ2v) is 7.98. The number of nitro benzene ring substituents is 1. The van der Waals surface area contributed by atoms with Crippen LogP contribution in [-0.2, 0) is 21.9 Å². The van der Waals surface area contributed by atoms with Crippen LogP contribution in [0.4, 0.5) is 5.69 Å². The summed E-state index contributed by atoms with van der Waals surface area (Å²) in [7, 11) is 0. The zero-order chi connectivity index (χ0) is 22.1. The number of hydrogen-bond acceptors (Lipinski definition) is 5. The molecule has 160 valence electrons. The first kappa shape index (κ1) is 23.4. The Hall–Kier alpha value is -2.87. The van der Waals surface area contributed by atoms with Crippen LogP contribution in [0, 0.1) is 17.0 Å². The molecule has 2 aromatic carbocycles. The van der Waals surface area contributed by atoms with Crippen LogP contribution in [0.15, 0.2) is 48.5 Å². The summed E-state index contributed by atoms with van der Waals surface area (Å²) >= 11 is 1.42. The number of rotatable bonds is 10. The van der Waals surface area contributed by atoms with Gasteiger partial charge in [0.15, 0.2) is 0 Å². The van der Waals surface area contributed by atoms with Crippen LogP contribution in [0.25, 0.3) is 0 Å². The second kappa shape index (κ2) is 11.3. The Bertz CT molecular complexity index is 886. The maximum atomic E-state index is 13.0. The third-order valence-corrected chi connectivity index (χ3v) is 5.58. The van der Waals surface area contributed by atoms with E-state index in [0.29, 0.717) is 18.8 Å². The third-order valence-electron chi connectivity index (χ3n) is 4.60. The van der Waals surface area contributed by atoms with Crippen molar-refractivity contribution in [1.29, 1.82) is 0 Å². The van der Waals surface area contributed by atoms with Crippen molar-refractivity contribution in [2.45, 2.75) is 39.1 Å². The largest absolute Gasteiger partial charge is 0.355 e. The maximum Gasteiger partial charge on any atom is 0.269 e. The summed E-state index contributed by atoms with van der Waals surface area (Å²) in [5.41, 5.74) is 3.01. The standard InChI is InChI=1S/C22H27N3O4S/c1-4-23-22(27)17(3)24(13-19-7-5-6-16(2)12-19)21(26)15-30-14-18-8-10-20(11-9-18)25(28)29/h5-12,17H,4,13-15H2,1-3H3,(H,23,27)/t17-/m0/s1. The summed E-state index contributed by atoms with van der Waals surface area (Å²) < 4.78 is 0. The molecule has 1 N–H and O–H groups in total. The average molecular weight is 430 g/mol. The number of likely N-dealkylation sites (N-methyl/N-ethyl adjacent to an activating group) is 1. The number of amides is 2. The molecule has 0 unspecified atom stereocenters. The first-order valence-electron chi connectivity index (χ1n) is 9.75. The van der Waals surface area contributed by atoms with Crippen LogP contribution >= 0.6 is 11.8 Å². The van der Waals surface area contributed by atoms with E-state index in [1.54, 1.807) is 24.0 Å². The minimum absolute atomic E-state index is 0.0416. The van der Waals surface area contributed by atoms with Crippen molar-refractivity contribution in [2.24, 2.45) is 0 Å². The zero-order valence-corrected chi connectivity index (χ0v) is 18.3. The highest BCUT2D eigenvalue weighted by Gasteiger charge is 2.25. The maximum absolute atomic E-state index is 13.0. The van der Waals surface area contributed by atoms with Crippen molar-refractivity contribution in [3.63, 3.8) is 0 Å². The average Bonchev–Trinajstić information content (AvgIpc) is 2.72. The Morgan fingerprint density at radius 1 is 1.17 bits per heavy atom. The summed E-state index contributed by atoms with van der Waals surface area (Å²) in [5, 5.41) is 13.5. The minimum Gasteiger partial charge on any atom is -0.355 e. The highest BCUT2D eigenvalue weighted by molar-refractivity contribution is 7.99. The zero-order valence-electron chi connectivity index (χ0n) is 17.5. The Kier molecular flexibility index (Phi) is 8.86. The summed E-state index contributed by atoms with van der Waals surface area (Å²) in [6, 6.07) is 13.6. The summed E-state index contributed by atoms with van der Waals surface area (Å²) in [6.07, 6.45) is 0. The van der Waals surface area contributed by atoms with Crippen LogP contribution in [-0.4, -0.2) is 40.0 Å². The van der Waals surface area contributed by atoms with E-state index in [1.165, 1.54) is 23.9 Å². The van der Waals surface area contributed by atoms with E-state index >= 15 is 0 Å². The molecule has 8 heteroatoms. The number of nitrogens with zero attached hydrogens (tertiary/aromatic N) is 2. The van der Waals surface area contributed by atoms with Gasteiger partial charge in [0, 0.05) is 31.0 Å². The van der Waals surface area contributed by atoms with Gasteiger partial charge in [0.25, 0.3) is 5.69 Å². The van der Waals surface area contributed by atoms with Crippen molar-refractivity contribution in [2.75, 3.05) is 12.3 Å². The number of thioether (sulfide) groups is 1. The fourth-order valence-electron chi connectivity index (χ4n) is 2.96. The molecule has 0 aliphatic carbocycles. The lowest BCUT2D eigenvalue weighted by Crippen LogP contribution is -2.48. The van der Waals surface area contributed by atoms with Crippen LogP contribution in [0.1, 0.15) is 30.5 Å². The molecule has 0 fully saturated rings. The highest BCUT2D eigenvalue weighted by atomic mass is 32.2. The van der Waals surface area contributed by atoms with Gasteiger partial charge in [-0.3, -0.25) is 19.7 Å². The first-order chi connectivity index (χ1) is 14.3. The summed E-state index contributed by atoms with van der Waals surface area (Å²) in [6.45, 7) is 6.43. The van der Waals surface area contributed by atoms with E-state index in [4.69, 9.17) is 0 Å². The molecular weight excluding hydrogens is 402 g/mol. The lowest BCUT2D eigenvalue weighted by molar-refractivity contribution is -0.384. The van der Waals surface area contributed by atoms with E-state index < -0.39 is 11.0 Å². The number of nitrogens with one attached hydrogen (secondary N) is 1. The molecule has 2 amide bonds. The summed E-state index contributed by atoms with van der Waals surface area (Å²) in [5.74, 6) is 0.463. The molecular formula is C22H27N3O4S. The van der Waals surface area contributed by atoms with Gasteiger partial charge in [-0.05, 0) is 31.9 Å². The van der Waals surface area contributed by atoms with Gasteiger partial charge in [-0.2, -0.15) is 0 Å². The van der Waals surface area contributed by atoms with E-state index in [1.807, 2.05) is 38.1 Å². The molecule has 1 atom stereocenters. The Balaban J connectivity index is 2.03. The lowest BCUT2D eigenvalue weighted by atomic mass is 10.1. The molecule has 2 rings (SSSR count). The molecule has 30 heavy (non-hydrogen) atoms. The molecule has 0 aliphatic heterocycles. The van der Waals surface area contributed by atoms with Crippen molar-refractivity contribution in [3.8, 4) is 0 Å². The molecule has 0 aliphatic rings. The predicted molar refractivity (Wildman–Crippen MR) is 119 cm³/mol. The van der Waals surface area contributed by atoms with Crippen LogP contribution < -0.4 is 5.32 Å². The predicted octanol–water partition coefficient (Wildman–Crippen LogP) is 3.69. The van der Waals surface area contributed by atoms with Crippen LogP contribution in [0.5, 0.6) is 0 Å². The number of carbonyl (C=O) groups excluding carboxylic acids is 2. The molecule has 0 bridgehead atoms. The smallest absolute Gasteiger partial charge is 0.269 e. The molecule has 0 saturated heterocycles. The Morgan fingerprint density at radius 3 is 2.47 bits per heavy atom. The van der Waals surface area contributed by atoms with Crippen LogP contribution in [0.2, 0.25) is 0 Å². The molecule has 0 heterocycles. The number of non-ortho nitro benzene ring substituents is 1. The van der Waals surface area contributed by atoms with Crippen LogP contribution in [0.3, 0.4) is 0 Å². The number of aryl methyl sites for hydroxylation is 1. The van der Waals surface area contributed by atoms with Gasteiger partial charge in [-0.1, -0.05) is 42.0 Å². The topological polar surface area (TPSA) is 92.6 Å². The van der Waals surface area contributed by atoms with Gasteiger partial charge >= 0.3 is 0 Å². The van der Waals surface area contributed by atoms with E-state index in [0.717, 1.165) is 16.7 Å². The fraction of sp³-hybridized carbons (Fsp3) is 0.364. The van der Waals surface area contributed by atoms with Gasteiger partial charge in [0.2, 0.25) is 11.8 Å². The van der Waals surface area contributed by atoms with E-state index in [2.05, 4.69) is 5.32 Å². The number of hydrogen-bond donors (Lipinski definition) is 1.